The van der Waals surface area contributed by atoms with Crippen molar-refractivity contribution in [2.75, 3.05) is 20.1 Å². The van der Waals surface area contributed by atoms with E-state index in [0.29, 0.717) is 31.1 Å². The Labute approximate surface area is 197 Å². The van der Waals surface area contributed by atoms with Gasteiger partial charge in [-0.05, 0) is 38.3 Å². The number of aliphatic imine (C=N–C) groups is 1. The molecular weight excluding hydrogens is 489 g/mol. The summed E-state index contributed by atoms with van der Waals surface area (Å²) in [7, 11) is 1.81. The number of guanidine groups is 1. The van der Waals surface area contributed by atoms with Gasteiger partial charge in [-0.1, -0.05) is 36.4 Å². The Bertz CT molecular complexity index is 776. The first kappa shape index (κ1) is 24.4. The van der Waals surface area contributed by atoms with Gasteiger partial charge >= 0.3 is 0 Å². The van der Waals surface area contributed by atoms with Crippen LogP contribution in [-0.2, 0) is 13.2 Å². The Morgan fingerprint density at radius 1 is 1.17 bits per heavy atom. The molecule has 0 saturated carbocycles. The monoisotopic (exact) mass is 523 g/mol. The number of hydrogen-bond donors (Lipinski definition) is 2. The Kier molecular flexibility index (Phi) is 10.4. The van der Waals surface area contributed by atoms with E-state index in [2.05, 4.69) is 51.5 Å². The predicted molar refractivity (Wildman–Crippen MR) is 133 cm³/mol. The molecule has 1 aliphatic rings. The van der Waals surface area contributed by atoms with Gasteiger partial charge in [0.1, 0.15) is 6.61 Å². The van der Waals surface area contributed by atoms with Crippen molar-refractivity contribution in [2.45, 2.75) is 51.9 Å². The van der Waals surface area contributed by atoms with Gasteiger partial charge in [-0.3, -0.25) is 4.99 Å². The second-order valence-corrected chi connectivity index (χ2v) is 7.72. The summed E-state index contributed by atoms with van der Waals surface area (Å²) in [6.45, 7) is 7.91. The van der Waals surface area contributed by atoms with Crippen molar-refractivity contribution < 1.29 is 4.74 Å². The van der Waals surface area contributed by atoms with Gasteiger partial charge in [-0.25, -0.2) is 4.98 Å². The van der Waals surface area contributed by atoms with Crippen LogP contribution < -0.4 is 15.4 Å². The van der Waals surface area contributed by atoms with Crippen LogP contribution in [0.15, 0.2) is 53.7 Å². The number of rotatable bonds is 7. The number of pyridine rings is 1. The number of likely N-dealkylation sites (tertiary alicyclic amines) is 1. The first-order chi connectivity index (χ1) is 14.2. The molecule has 2 heterocycles. The molecule has 1 fully saturated rings. The van der Waals surface area contributed by atoms with Crippen LogP contribution in [-0.4, -0.2) is 48.1 Å². The summed E-state index contributed by atoms with van der Waals surface area (Å²) in [5, 5.41) is 6.97. The van der Waals surface area contributed by atoms with E-state index >= 15 is 0 Å². The van der Waals surface area contributed by atoms with Gasteiger partial charge in [0.15, 0.2) is 5.96 Å². The molecule has 164 valence electrons. The number of hydrogen-bond acceptors (Lipinski definition) is 4. The summed E-state index contributed by atoms with van der Waals surface area (Å²) in [4.78, 5) is 11.3. The molecule has 1 aromatic heterocycles. The third kappa shape index (κ3) is 7.43. The highest BCUT2D eigenvalue weighted by Crippen LogP contribution is 2.16. The fourth-order valence-electron chi connectivity index (χ4n) is 3.54. The maximum Gasteiger partial charge on any atom is 0.218 e. The number of nitrogens with zero attached hydrogens (tertiary/aromatic N) is 3. The van der Waals surface area contributed by atoms with Crippen LogP contribution in [0, 0.1) is 0 Å². The van der Waals surface area contributed by atoms with Gasteiger partial charge in [0, 0.05) is 50.5 Å². The average molecular weight is 523 g/mol. The van der Waals surface area contributed by atoms with E-state index in [1.165, 1.54) is 0 Å². The first-order valence-electron chi connectivity index (χ1n) is 10.5. The van der Waals surface area contributed by atoms with Crippen molar-refractivity contribution in [3.8, 4) is 5.88 Å². The van der Waals surface area contributed by atoms with Crippen molar-refractivity contribution in [1.29, 1.82) is 0 Å². The van der Waals surface area contributed by atoms with Crippen LogP contribution in [0.4, 0.5) is 0 Å². The predicted octanol–water partition coefficient (Wildman–Crippen LogP) is 3.82. The van der Waals surface area contributed by atoms with Gasteiger partial charge in [0.05, 0.1) is 0 Å². The SMILES string of the molecule is CN=C(NCc1cccnc1OCc1ccccc1)NC1CCN(C(C)C)CC1.I. The molecule has 1 aromatic carbocycles. The highest BCUT2D eigenvalue weighted by molar-refractivity contribution is 14.0. The maximum atomic E-state index is 5.96. The number of piperidine rings is 1. The fraction of sp³-hybridized carbons (Fsp3) is 0.478. The summed E-state index contributed by atoms with van der Waals surface area (Å²) in [6.07, 6.45) is 4.04. The zero-order chi connectivity index (χ0) is 20.5. The van der Waals surface area contributed by atoms with E-state index in [1.807, 2.05) is 37.4 Å². The lowest BCUT2D eigenvalue weighted by atomic mass is 10.0. The summed E-state index contributed by atoms with van der Waals surface area (Å²) in [6, 6.07) is 15.2. The number of nitrogens with one attached hydrogen (secondary N) is 2. The molecule has 2 aromatic rings. The number of ether oxygens (including phenoxy) is 1. The zero-order valence-corrected chi connectivity index (χ0v) is 20.5. The molecule has 1 saturated heterocycles. The second-order valence-electron chi connectivity index (χ2n) is 7.72. The fourth-order valence-corrected chi connectivity index (χ4v) is 3.54. The number of halogens is 1. The van der Waals surface area contributed by atoms with Crippen molar-refractivity contribution in [3.63, 3.8) is 0 Å². The minimum absolute atomic E-state index is 0. The molecule has 6 nitrogen and oxygen atoms in total. The molecule has 0 radical (unpaired) electrons. The lowest BCUT2D eigenvalue weighted by Crippen LogP contribution is -2.49. The lowest BCUT2D eigenvalue weighted by molar-refractivity contribution is 0.167. The van der Waals surface area contributed by atoms with Crippen LogP contribution in [0.5, 0.6) is 5.88 Å². The third-order valence-corrected chi connectivity index (χ3v) is 5.34. The third-order valence-electron chi connectivity index (χ3n) is 5.34. The minimum atomic E-state index is 0. The second kappa shape index (κ2) is 12.7. The van der Waals surface area contributed by atoms with Crippen molar-refractivity contribution in [2.24, 2.45) is 4.99 Å². The van der Waals surface area contributed by atoms with Crippen molar-refractivity contribution in [1.82, 2.24) is 20.5 Å². The van der Waals surface area contributed by atoms with Gasteiger partial charge in [0.25, 0.3) is 0 Å². The number of benzene rings is 1. The van der Waals surface area contributed by atoms with Gasteiger partial charge in [0.2, 0.25) is 5.88 Å². The summed E-state index contributed by atoms with van der Waals surface area (Å²) in [5.41, 5.74) is 2.14. The van der Waals surface area contributed by atoms with Crippen LogP contribution >= 0.6 is 24.0 Å². The van der Waals surface area contributed by atoms with Crippen molar-refractivity contribution in [3.05, 3.63) is 59.8 Å². The molecule has 3 rings (SSSR count). The standard InChI is InChI=1S/C23H33N5O.HI/c1-18(2)28-14-11-21(12-15-28)27-23(24-3)26-16-20-10-7-13-25-22(20)29-17-19-8-5-4-6-9-19;/h4-10,13,18,21H,11-12,14-17H2,1-3H3,(H2,24,26,27);1H. The first-order valence-corrected chi connectivity index (χ1v) is 10.5. The molecular formula is C23H34IN5O. The van der Waals surface area contributed by atoms with Gasteiger partial charge in [-0.15, -0.1) is 24.0 Å². The van der Waals surface area contributed by atoms with E-state index in [9.17, 15) is 0 Å². The van der Waals surface area contributed by atoms with Gasteiger partial charge < -0.3 is 20.3 Å². The molecule has 0 atom stereocenters. The number of aromatic nitrogens is 1. The van der Waals surface area contributed by atoms with Crippen LogP contribution in [0.25, 0.3) is 0 Å². The molecule has 0 amide bonds. The van der Waals surface area contributed by atoms with Crippen LogP contribution in [0.2, 0.25) is 0 Å². The smallest absolute Gasteiger partial charge is 0.218 e. The molecule has 0 spiro atoms. The molecule has 1 aliphatic heterocycles. The average Bonchev–Trinajstić information content (AvgIpc) is 2.76. The quantitative estimate of drug-likeness (QED) is 0.329. The van der Waals surface area contributed by atoms with E-state index in [-0.39, 0.29) is 24.0 Å². The Balaban J connectivity index is 0.00000320. The summed E-state index contributed by atoms with van der Waals surface area (Å²) < 4.78 is 5.96. The largest absolute Gasteiger partial charge is 0.473 e. The molecule has 7 heteroatoms. The molecule has 0 aliphatic carbocycles. The van der Waals surface area contributed by atoms with E-state index < -0.39 is 0 Å². The van der Waals surface area contributed by atoms with E-state index in [4.69, 9.17) is 4.74 Å². The lowest BCUT2D eigenvalue weighted by Gasteiger charge is -2.35. The Morgan fingerprint density at radius 2 is 1.90 bits per heavy atom. The summed E-state index contributed by atoms with van der Waals surface area (Å²) >= 11 is 0. The highest BCUT2D eigenvalue weighted by Gasteiger charge is 2.21. The highest BCUT2D eigenvalue weighted by atomic mass is 127. The molecule has 0 unspecified atom stereocenters. The molecule has 30 heavy (non-hydrogen) atoms. The molecule has 0 bridgehead atoms. The van der Waals surface area contributed by atoms with Crippen molar-refractivity contribution >= 4 is 29.9 Å². The maximum absolute atomic E-state index is 5.96. The van der Waals surface area contributed by atoms with Crippen LogP contribution in [0.3, 0.4) is 0 Å². The van der Waals surface area contributed by atoms with Crippen LogP contribution in [0.1, 0.15) is 37.8 Å². The zero-order valence-electron chi connectivity index (χ0n) is 18.2. The molecule has 2 N–H and O–H groups in total. The Morgan fingerprint density at radius 3 is 2.57 bits per heavy atom. The normalized spacial score (nSPS) is 15.5. The van der Waals surface area contributed by atoms with E-state index in [1.54, 1.807) is 6.20 Å². The minimum Gasteiger partial charge on any atom is -0.473 e. The Hall–Kier alpha value is -1.87. The topological polar surface area (TPSA) is 61.8 Å². The summed E-state index contributed by atoms with van der Waals surface area (Å²) in [5.74, 6) is 1.48. The van der Waals surface area contributed by atoms with Gasteiger partial charge in [-0.2, -0.15) is 0 Å². The van der Waals surface area contributed by atoms with E-state index in [0.717, 1.165) is 43.0 Å².